The third kappa shape index (κ3) is 3.74. The molecule has 9 atom stereocenters. The molecular formula is C29H52N2. The Morgan fingerprint density at radius 2 is 1.65 bits per heavy atom. The number of rotatable bonds is 5. The number of hydrogen-bond acceptors (Lipinski definition) is 2. The van der Waals surface area contributed by atoms with Gasteiger partial charge in [0.15, 0.2) is 0 Å². The molecule has 1 heterocycles. The fourth-order valence-electron chi connectivity index (χ4n) is 10.3. The minimum atomic E-state index is 0.435. The number of hydrogen-bond donors (Lipinski definition) is 2. The summed E-state index contributed by atoms with van der Waals surface area (Å²) in [5.41, 5.74) is 1.71. The first-order valence-corrected chi connectivity index (χ1v) is 14.2. The summed E-state index contributed by atoms with van der Waals surface area (Å²) in [6.45, 7) is 15.1. The molecule has 2 N–H and O–H groups in total. The molecule has 0 aromatic heterocycles. The van der Waals surface area contributed by atoms with Crippen molar-refractivity contribution in [1.29, 1.82) is 0 Å². The zero-order chi connectivity index (χ0) is 21.9. The van der Waals surface area contributed by atoms with Crippen molar-refractivity contribution in [3.8, 4) is 0 Å². The predicted octanol–water partition coefficient (Wildman–Crippen LogP) is 7.00. The lowest BCUT2D eigenvalue weighted by atomic mass is 9.43. The van der Waals surface area contributed by atoms with Crippen LogP contribution < -0.4 is 10.6 Å². The Morgan fingerprint density at radius 1 is 0.839 bits per heavy atom. The zero-order valence-corrected chi connectivity index (χ0v) is 21.4. The average molecular weight is 429 g/mol. The highest BCUT2D eigenvalue weighted by atomic mass is 15.2. The van der Waals surface area contributed by atoms with Crippen LogP contribution in [0.3, 0.4) is 0 Å². The maximum Gasteiger partial charge on any atom is 0.0459 e. The molecule has 5 aliphatic rings. The molecular weight excluding hydrogens is 376 g/mol. The van der Waals surface area contributed by atoms with Crippen LogP contribution in [0, 0.1) is 52.3 Å². The highest BCUT2D eigenvalue weighted by molar-refractivity contribution is 5.12. The summed E-state index contributed by atoms with van der Waals surface area (Å²) in [5, 5.41) is 7.48. The van der Waals surface area contributed by atoms with Crippen LogP contribution >= 0.6 is 0 Å². The maximum atomic E-state index is 3.87. The summed E-state index contributed by atoms with van der Waals surface area (Å²) < 4.78 is 0. The van der Waals surface area contributed by atoms with Crippen molar-refractivity contribution >= 4 is 0 Å². The third-order valence-electron chi connectivity index (χ3n) is 12.1. The Labute approximate surface area is 193 Å². The van der Waals surface area contributed by atoms with Gasteiger partial charge in [-0.2, -0.15) is 0 Å². The fourth-order valence-corrected chi connectivity index (χ4v) is 10.3. The van der Waals surface area contributed by atoms with E-state index < -0.39 is 0 Å². The lowest BCUT2D eigenvalue weighted by molar-refractivity contribution is -0.124. The van der Waals surface area contributed by atoms with E-state index in [2.05, 4.69) is 45.3 Å². The van der Waals surface area contributed by atoms with Crippen LogP contribution in [0.1, 0.15) is 112 Å². The van der Waals surface area contributed by atoms with E-state index in [0.717, 1.165) is 48.1 Å². The standard InChI is InChI=1S/C29H52N2/c1-20(2)7-6-8-21(3)24-11-12-25-23-10-9-22-17-29(18-30-19-31-29)16-15-27(22,4)26(23)13-14-28(24,25)5/h20-26,30-31H,6-19H2,1-5H3/t21-,22?,23+,24-,25+,26+,27+,28-,29?/m1/s1. The van der Waals surface area contributed by atoms with Crippen molar-refractivity contribution in [2.24, 2.45) is 52.3 Å². The maximum absolute atomic E-state index is 3.87. The minimum absolute atomic E-state index is 0.435. The Hall–Kier alpha value is -0.0800. The number of fused-ring (bicyclic) bond motifs is 5. The van der Waals surface area contributed by atoms with Gasteiger partial charge in [0.2, 0.25) is 0 Å². The van der Waals surface area contributed by atoms with Gasteiger partial charge in [-0.1, -0.05) is 53.9 Å². The van der Waals surface area contributed by atoms with Gasteiger partial charge in [-0.3, -0.25) is 5.32 Å². The molecule has 0 amide bonds. The second kappa shape index (κ2) is 8.30. The molecule has 2 nitrogen and oxygen atoms in total. The van der Waals surface area contributed by atoms with Gasteiger partial charge in [-0.15, -0.1) is 0 Å². The molecule has 5 rings (SSSR count). The van der Waals surface area contributed by atoms with Crippen molar-refractivity contribution in [2.75, 3.05) is 13.2 Å². The Morgan fingerprint density at radius 3 is 2.39 bits per heavy atom. The van der Waals surface area contributed by atoms with E-state index in [4.69, 9.17) is 0 Å². The van der Waals surface area contributed by atoms with Crippen LogP contribution in [0.4, 0.5) is 0 Å². The Bertz CT molecular complexity index is 637. The summed E-state index contributed by atoms with van der Waals surface area (Å²) in [6, 6.07) is 0. The summed E-state index contributed by atoms with van der Waals surface area (Å²) in [4.78, 5) is 0. The smallest absolute Gasteiger partial charge is 0.0459 e. The van der Waals surface area contributed by atoms with E-state index in [1.165, 1.54) is 64.3 Å². The molecule has 1 spiro atoms. The van der Waals surface area contributed by atoms with Crippen LogP contribution in [0.2, 0.25) is 0 Å². The topological polar surface area (TPSA) is 24.1 Å². The molecule has 4 aliphatic carbocycles. The molecule has 31 heavy (non-hydrogen) atoms. The molecule has 0 aromatic rings. The second-order valence-corrected chi connectivity index (χ2v) is 14.0. The van der Waals surface area contributed by atoms with Gasteiger partial charge in [0.25, 0.3) is 0 Å². The van der Waals surface area contributed by atoms with Crippen molar-refractivity contribution < 1.29 is 0 Å². The zero-order valence-electron chi connectivity index (χ0n) is 21.4. The van der Waals surface area contributed by atoms with Gasteiger partial charge in [0.05, 0.1) is 0 Å². The van der Waals surface area contributed by atoms with Crippen LogP contribution in [0.15, 0.2) is 0 Å². The summed E-state index contributed by atoms with van der Waals surface area (Å²) in [6.07, 6.45) is 17.9. The lowest BCUT2D eigenvalue weighted by Crippen LogP contribution is -2.58. The summed E-state index contributed by atoms with van der Waals surface area (Å²) in [7, 11) is 0. The second-order valence-electron chi connectivity index (χ2n) is 14.0. The first kappa shape index (κ1) is 22.7. The van der Waals surface area contributed by atoms with Crippen molar-refractivity contribution in [3.63, 3.8) is 0 Å². The van der Waals surface area contributed by atoms with Crippen molar-refractivity contribution in [1.82, 2.24) is 10.6 Å². The van der Waals surface area contributed by atoms with Gasteiger partial charge in [-0.25, -0.2) is 0 Å². The van der Waals surface area contributed by atoms with Gasteiger partial charge in [0.1, 0.15) is 0 Å². The van der Waals surface area contributed by atoms with E-state index >= 15 is 0 Å². The van der Waals surface area contributed by atoms with Gasteiger partial charge in [-0.05, 0) is 110 Å². The van der Waals surface area contributed by atoms with Crippen LogP contribution in [-0.4, -0.2) is 18.8 Å². The molecule has 4 saturated carbocycles. The minimum Gasteiger partial charge on any atom is -0.303 e. The predicted molar refractivity (Wildman–Crippen MR) is 132 cm³/mol. The SMILES string of the molecule is CC(C)CCC[C@@H](C)[C@H]1CC[C@H]2[C@@H]3CCC4CC5(CC[C@]4(C)[C@H]3CC[C@]12C)CNCN5. The lowest BCUT2D eigenvalue weighted by Gasteiger charge is -2.62. The van der Waals surface area contributed by atoms with Crippen molar-refractivity contribution in [2.45, 2.75) is 117 Å². The van der Waals surface area contributed by atoms with E-state index in [0.29, 0.717) is 16.4 Å². The molecule has 2 heteroatoms. The Balaban J connectivity index is 1.28. The normalized spacial score (nSPS) is 50.3. The van der Waals surface area contributed by atoms with E-state index in [1.54, 1.807) is 19.3 Å². The van der Waals surface area contributed by atoms with Crippen LogP contribution in [-0.2, 0) is 0 Å². The van der Waals surface area contributed by atoms with E-state index in [-0.39, 0.29) is 0 Å². The van der Waals surface area contributed by atoms with E-state index in [1.807, 2.05) is 0 Å². The highest BCUT2D eigenvalue weighted by Gasteiger charge is 2.61. The first-order chi connectivity index (χ1) is 14.8. The molecule has 5 fully saturated rings. The summed E-state index contributed by atoms with van der Waals surface area (Å²) in [5.74, 6) is 6.86. The van der Waals surface area contributed by atoms with E-state index in [9.17, 15) is 0 Å². The fraction of sp³-hybridized carbons (Fsp3) is 1.00. The summed E-state index contributed by atoms with van der Waals surface area (Å²) >= 11 is 0. The highest BCUT2D eigenvalue weighted by Crippen LogP contribution is 2.69. The van der Waals surface area contributed by atoms with Crippen LogP contribution in [0.5, 0.6) is 0 Å². The van der Waals surface area contributed by atoms with Gasteiger partial charge >= 0.3 is 0 Å². The number of nitrogens with one attached hydrogen (secondary N) is 2. The largest absolute Gasteiger partial charge is 0.303 e. The molecule has 2 unspecified atom stereocenters. The molecule has 0 bridgehead atoms. The van der Waals surface area contributed by atoms with Gasteiger partial charge < -0.3 is 5.32 Å². The third-order valence-corrected chi connectivity index (χ3v) is 12.1. The molecule has 1 aliphatic heterocycles. The van der Waals surface area contributed by atoms with Crippen LogP contribution in [0.25, 0.3) is 0 Å². The quantitative estimate of drug-likeness (QED) is 0.493. The first-order valence-electron chi connectivity index (χ1n) is 14.2. The molecule has 0 radical (unpaired) electrons. The molecule has 0 aromatic carbocycles. The molecule has 178 valence electrons. The molecule has 1 saturated heterocycles. The Kier molecular flexibility index (Phi) is 6.08. The van der Waals surface area contributed by atoms with Gasteiger partial charge in [0, 0.05) is 18.8 Å². The average Bonchev–Trinajstić information content (AvgIpc) is 3.32. The van der Waals surface area contributed by atoms with Crippen molar-refractivity contribution in [3.05, 3.63) is 0 Å². The monoisotopic (exact) mass is 428 g/mol.